The highest BCUT2D eigenvalue weighted by Gasteiger charge is 2.34. The molecule has 0 bridgehead atoms. The van der Waals surface area contributed by atoms with E-state index in [4.69, 9.17) is 4.74 Å². The molecule has 3 aromatic rings. The number of hydrogen-bond acceptors (Lipinski definition) is 5. The van der Waals surface area contributed by atoms with Gasteiger partial charge in [0.15, 0.2) is 5.13 Å². The van der Waals surface area contributed by atoms with Gasteiger partial charge in [0.2, 0.25) is 5.91 Å². The van der Waals surface area contributed by atoms with Crippen molar-refractivity contribution in [2.75, 3.05) is 30.4 Å². The van der Waals surface area contributed by atoms with Crippen LogP contribution in [0.3, 0.4) is 0 Å². The van der Waals surface area contributed by atoms with Crippen molar-refractivity contribution in [1.82, 2.24) is 4.98 Å². The van der Waals surface area contributed by atoms with Crippen molar-refractivity contribution < 1.29 is 9.53 Å². The number of nitrogens with one attached hydrogen (secondary N) is 1. The molecule has 134 valence electrons. The third kappa shape index (κ3) is 3.29. The second-order valence-electron chi connectivity index (χ2n) is 6.38. The quantitative estimate of drug-likeness (QED) is 0.662. The average molecular weight is 432 g/mol. The van der Waals surface area contributed by atoms with Crippen LogP contribution in [0.4, 0.5) is 10.8 Å². The molecule has 2 heterocycles. The third-order valence-corrected chi connectivity index (χ3v) is 6.14. The van der Waals surface area contributed by atoms with Gasteiger partial charge in [0.25, 0.3) is 0 Å². The highest BCUT2D eigenvalue weighted by molar-refractivity contribution is 9.10. The maximum atomic E-state index is 12.5. The van der Waals surface area contributed by atoms with Crippen molar-refractivity contribution in [1.29, 1.82) is 0 Å². The van der Waals surface area contributed by atoms with E-state index < -0.39 is 0 Å². The maximum absolute atomic E-state index is 12.5. The molecule has 0 radical (unpaired) electrons. The smallest absolute Gasteiger partial charge is 0.231 e. The first-order chi connectivity index (χ1) is 12.5. The fourth-order valence-corrected chi connectivity index (χ4v) is 4.40. The number of halogens is 1. The summed E-state index contributed by atoms with van der Waals surface area (Å²) in [7, 11) is 1.65. The zero-order valence-corrected chi connectivity index (χ0v) is 16.9. The topological polar surface area (TPSA) is 54.5 Å². The Hall–Kier alpha value is -2.12. The fraction of sp³-hybridized carbons (Fsp3) is 0.263. The minimum Gasteiger partial charge on any atom is -0.497 e. The lowest BCUT2D eigenvalue weighted by atomic mass is 10.00. The van der Waals surface area contributed by atoms with E-state index in [1.807, 2.05) is 43.3 Å². The first kappa shape index (κ1) is 17.3. The summed E-state index contributed by atoms with van der Waals surface area (Å²) in [6.45, 7) is 3.37. The average Bonchev–Trinajstić information content (AvgIpc) is 2.98. The largest absolute Gasteiger partial charge is 0.497 e. The van der Waals surface area contributed by atoms with Crippen LogP contribution in [0.1, 0.15) is 5.56 Å². The number of hydrogen-bond donors (Lipinski definition) is 1. The number of anilines is 2. The first-order valence-corrected chi connectivity index (χ1v) is 9.91. The summed E-state index contributed by atoms with van der Waals surface area (Å²) in [4.78, 5) is 19.3. The van der Waals surface area contributed by atoms with Crippen molar-refractivity contribution in [3.8, 4) is 5.75 Å². The molecule has 1 aliphatic rings. The molecule has 1 N–H and O–H groups in total. The van der Waals surface area contributed by atoms with E-state index in [9.17, 15) is 4.79 Å². The van der Waals surface area contributed by atoms with E-state index in [-0.39, 0.29) is 11.8 Å². The number of fused-ring (bicyclic) bond motifs is 1. The van der Waals surface area contributed by atoms with E-state index in [0.29, 0.717) is 13.1 Å². The van der Waals surface area contributed by atoms with Gasteiger partial charge in [-0.15, -0.1) is 0 Å². The van der Waals surface area contributed by atoms with Gasteiger partial charge in [0.1, 0.15) is 5.75 Å². The Morgan fingerprint density at radius 1 is 1.31 bits per heavy atom. The van der Waals surface area contributed by atoms with E-state index in [1.54, 1.807) is 18.4 Å². The molecule has 1 amide bonds. The number of amides is 1. The molecular formula is C19H18BrN3O2S. The second-order valence-corrected chi connectivity index (χ2v) is 8.31. The van der Waals surface area contributed by atoms with Gasteiger partial charge in [-0.1, -0.05) is 27.3 Å². The number of carbonyl (C=O) groups is 1. The lowest BCUT2D eigenvalue weighted by molar-refractivity contribution is -0.120. The van der Waals surface area contributed by atoms with Gasteiger partial charge in [0.05, 0.1) is 23.2 Å². The molecule has 0 unspecified atom stereocenters. The highest BCUT2D eigenvalue weighted by Crippen LogP contribution is 2.34. The summed E-state index contributed by atoms with van der Waals surface area (Å²) in [5.74, 6) is 0.856. The molecule has 0 aliphatic carbocycles. The minimum atomic E-state index is -0.0143. The van der Waals surface area contributed by atoms with Crippen LogP contribution in [-0.2, 0) is 4.79 Å². The summed E-state index contributed by atoms with van der Waals surface area (Å²) >= 11 is 5.08. The van der Waals surface area contributed by atoms with Crippen LogP contribution in [0.15, 0.2) is 40.9 Å². The molecule has 26 heavy (non-hydrogen) atoms. The molecule has 1 fully saturated rings. The van der Waals surface area contributed by atoms with Crippen LogP contribution in [0, 0.1) is 12.8 Å². The first-order valence-electron chi connectivity index (χ1n) is 8.30. The maximum Gasteiger partial charge on any atom is 0.231 e. The van der Waals surface area contributed by atoms with Gasteiger partial charge < -0.3 is 15.0 Å². The molecule has 2 aromatic carbocycles. The number of aromatic nitrogens is 1. The lowest BCUT2D eigenvalue weighted by Gasteiger charge is -2.38. The molecule has 0 atom stereocenters. The molecule has 0 spiro atoms. The van der Waals surface area contributed by atoms with Crippen LogP contribution in [0.25, 0.3) is 10.2 Å². The van der Waals surface area contributed by atoms with E-state index in [2.05, 4.69) is 31.1 Å². The predicted octanol–water partition coefficient (Wildman–Crippen LogP) is 4.45. The lowest BCUT2D eigenvalue weighted by Crippen LogP contribution is -2.52. The number of methoxy groups -OCH3 is 1. The Balaban J connectivity index is 1.41. The third-order valence-electron chi connectivity index (χ3n) is 4.55. The van der Waals surface area contributed by atoms with E-state index >= 15 is 0 Å². The van der Waals surface area contributed by atoms with Crippen molar-refractivity contribution in [2.24, 2.45) is 5.92 Å². The zero-order chi connectivity index (χ0) is 18.3. The minimum absolute atomic E-state index is 0.0143. The summed E-state index contributed by atoms with van der Waals surface area (Å²) in [5.41, 5.74) is 2.84. The summed E-state index contributed by atoms with van der Waals surface area (Å²) in [5, 5.41) is 3.99. The summed E-state index contributed by atoms with van der Waals surface area (Å²) in [6, 6.07) is 11.8. The van der Waals surface area contributed by atoms with Crippen LogP contribution in [0.2, 0.25) is 0 Å². The van der Waals surface area contributed by atoms with Crippen molar-refractivity contribution in [3.63, 3.8) is 0 Å². The number of nitrogens with zero attached hydrogens (tertiary/aromatic N) is 2. The highest BCUT2D eigenvalue weighted by atomic mass is 79.9. The van der Waals surface area contributed by atoms with E-state index in [0.717, 1.165) is 36.8 Å². The van der Waals surface area contributed by atoms with Crippen molar-refractivity contribution in [3.05, 3.63) is 46.4 Å². The monoisotopic (exact) mass is 431 g/mol. The number of carbonyl (C=O) groups excluding carboxylic acids is 1. The molecule has 0 saturated carbocycles. The molecule has 1 aliphatic heterocycles. The van der Waals surface area contributed by atoms with Gasteiger partial charge >= 0.3 is 0 Å². The molecule has 4 rings (SSSR count). The van der Waals surface area contributed by atoms with Crippen LogP contribution in [-0.4, -0.2) is 31.1 Å². The van der Waals surface area contributed by atoms with Crippen LogP contribution < -0.4 is 15.0 Å². The van der Waals surface area contributed by atoms with Gasteiger partial charge in [-0.2, -0.15) is 0 Å². The zero-order valence-electron chi connectivity index (χ0n) is 14.5. The predicted molar refractivity (Wildman–Crippen MR) is 109 cm³/mol. The summed E-state index contributed by atoms with van der Waals surface area (Å²) in [6.07, 6.45) is 0. The number of rotatable bonds is 4. The second kappa shape index (κ2) is 6.89. The van der Waals surface area contributed by atoms with Crippen LogP contribution >= 0.6 is 27.3 Å². The summed E-state index contributed by atoms with van der Waals surface area (Å²) < 4.78 is 7.38. The molecule has 1 saturated heterocycles. The Labute approximate surface area is 164 Å². The molecule has 5 nitrogen and oxygen atoms in total. The number of aryl methyl sites for hydroxylation is 1. The van der Waals surface area contributed by atoms with Gasteiger partial charge in [-0.3, -0.25) is 4.79 Å². The molecule has 7 heteroatoms. The molecule has 1 aromatic heterocycles. The van der Waals surface area contributed by atoms with Gasteiger partial charge in [-0.05, 0) is 42.8 Å². The fourth-order valence-electron chi connectivity index (χ4n) is 2.96. The SMILES string of the molecule is COc1ccc2sc(N3CC(C(=O)Nc4ccc(Br)cc4C)C3)nc2c1. The van der Waals surface area contributed by atoms with Crippen molar-refractivity contribution in [2.45, 2.75) is 6.92 Å². The molecular weight excluding hydrogens is 414 g/mol. The van der Waals surface area contributed by atoms with Gasteiger partial charge in [0, 0.05) is 29.3 Å². The van der Waals surface area contributed by atoms with E-state index in [1.165, 1.54) is 0 Å². The number of benzene rings is 2. The Kier molecular flexibility index (Phi) is 4.58. The number of thiazole rings is 1. The number of ether oxygens (including phenoxy) is 1. The standard InChI is InChI=1S/C19H18BrN3O2S/c1-11-7-13(20)3-5-15(11)21-18(24)12-9-23(10-12)19-22-16-8-14(25-2)4-6-17(16)26-19/h3-8,12H,9-10H2,1-2H3,(H,21,24). The normalized spacial score (nSPS) is 14.3. The Morgan fingerprint density at radius 2 is 2.12 bits per heavy atom. The van der Waals surface area contributed by atoms with Gasteiger partial charge in [-0.25, -0.2) is 4.98 Å². The Bertz CT molecular complexity index is 982. The van der Waals surface area contributed by atoms with Crippen LogP contribution in [0.5, 0.6) is 5.75 Å². The Morgan fingerprint density at radius 3 is 2.85 bits per heavy atom. The van der Waals surface area contributed by atoms with Crippen molar-refractivity contribution >= 4 is 54.2 Å².